The van der Waals surface area contributed by atoms with Crippen LogP contribution in [-0.2, 0) is 6.18 Å². The van der Waals surface area contributed by atoms with Gasteiger partial charge in [-0.15, -0.1) is 0 Å². The van der Waals surface area contributed by atoms with Gasteiger partial charge in [-0.05, 0) is 18.6 Å². The van der Waals surface area contributed by atoms with Gasteiger partial charge in [0.1, 0.15) is 11.5 Å². The molecule has 0 aliphatic rings. The fraction of sp³-hybridized carbons (Fsp3) is 0.286. The van der Waals surface area contributed by atoms with Crippen molar-refractivity contribution < 1.29 is 22.4 Å². The van der Waals surface area contributed by atoms with Gasteiger partial charge in [0.2, 0.25) is 0 Å². The van der Waals surface area contributed by atoms with Crippen molar-refractivity contribution in [2.75, 3.05) is 6.54 Å². The van der Waals surface area contributed by atoms with Crippen LogP contribution in [-0.4, -0.2) is 22.2 Å². The van der Waals surface area contributed by atoms with Crippen molar-refractivity contribution in [3.63, 3.8) is 0 Å². The number of rotatable bonds is 4. The third kappa shape index (κ3) is 3.10. The number of amides is 1. The lowest BCUT2D eigenvalue weighted by Gasteiger charge is -2.13. The molecule has 0 radical (unpaired) electrons. The van der Waals surface area contributed by atoms with E-state index in [0.29, 0.717) is 11.1 Å². The second-order valence-electron chi connectivity index (χ2n) is 4.52. The average Bonchev–Trinajstić information content (AvgIpc) is 2.90. The Bertz CT molecular complexity index is 679. The summed E-state index contributed by atoms with van der Waals surface area (Å²) in [4.78, 5) is 11.8. The van der Waals surface area contributed by atoms with Gasteiger partial charge in [0.05, 0.1) is 11.8 Å². The molecule has 118 valence electrons. The highest BCUT2D eigenvalue weighted by molar-refractivity contribution is 5.95. The second kappa shape index (κ2) is 6.17. The second-order valence-corrected chi connectivity index (χ2v) is 4.52. The maximum atomic E-state index is 13.7. The summed E-state index contributed by atoms with van der Waals surface area (Å²) in [6.45, 7) is 2.01. The Morgan fingerprint density at radius 1 is 1.32 bits per heavy atom. The van der Waals surface area contributed by atoms with E-state index in [1.807, 2.05) is 0 Å². The number of hydrogen-bond acceptors (Lipinski definition) is 2. The summed E-state index contributed by atoms with van der Waals surface area (Å²) in [5.41, 5.74) is -2.31. The fourth-order valence-corrected chi connectivity index (χ4v) is 1.93. The molecule has 0 saturated carbocycles. The fourth-order valence-electron chi connectivity index (χ4n) is 1.93. The first kappa shape index (κ1) is 16.0. The summed E-state index contributed by atoms with van der Waals surface area (Å²) in [6, 6.07) is 4.92. The van der Waals surface area contributed by atoms with Crippen LogP contribution in [0.2, 0.25) is 0 Å². The summed E-state index contributed by atoms with van der Waals surface area (Å²) >= 11 is 0. The van der Waals surface area contributed by atoms with E-state index in [1.165, 1.54) is 12.1 Å². The molecule has 0 bridgehead atoms. The number of nitrogens with one attached hydrogen (secondary N) is 1. The molecule has 1 amide bonds. The molecular formula is C14H13F4N3O. The highest BCUT2D eigenvalue weighted by Crippen LogP contribution is 2.34. The Morgan fingerprint density at radius 3 is 2.59 bits per heavy atom. The normalized spacial score (nSPS) is 11.5. The zero-order valence-corrected chi connectivity index (χ0v) is 11.6. The highest BCUT2D eigenvalue weighted by atomic mass is 19.4. The van der Waals surface area contributed by atoms with E-state index in [2.05, 4.69) is 10.4 Å². The molecule has 8 heteroatoms. The van der Waals surface area contributed by atoms with Gasteiger partial charge < -0.3 is 5.32 Å². The molecule has 0 unspecified atom stereocenters. The quantitative estimate of drug-likeness (QED) is 0.881. The summed E-state index contributed by atoms with van der Waals surface area (Å²) in [7, 11) is 0. The predicted octanol–water partition coefficient (Wildman–Crippen LogP) is 3.17. The predicted molar refractivity (Wildman–Crippen MR) is 71.1 cm³/mol. The van der Waals surface area contributed by atoms with E-state index in [4.69, 9.17) is 0 Å². The van der Waals surface area contributed by atoms with Crippen molar-refractivity contribution in [3.05, 3.63) is 47.5 Å². The lowest BCUT2D eigenvalue weighted by Crippen LogP contribution is -2.27. The lowest BCUT2D eigenvalue weighted by atomic mass is 10.2. The molecule has 0 atom stereocenters. The van der Waals surface area contributed by atoms with E-state index in [0.717, 1.165) is 18.3 Å². The van der Waals surface area contributed by atoms with Gasteiger partial charge in [-0.25, -0.2) is 9.07 Å². The highest BCUT2D eigenvalue weighted by Gasteiger charge is 2.40. The van der Waals surface area contributed by atoms with Gasteiger partial charge in [-0.1, -0.05) is 19.1 Å². The number of halogens is 4. The smallest absolute Gasteiger partial charge is 0.352 e. The number of carbonyl (C=O) groups is 1. The zero-order chi connectivity index (χ0) is 16.3. The summed E-state index contributed by atoms with van der Waals surface area (Å²) in [5, 5.41) is 5.89. The SMILES string of the molecule is CCCNC(=O)c1cnn(-c2ccccc2F)c1C(F)(F)F. The molecule has 1 aromatic carbocycles. The van der Waals surface area contributed by atoms with Gasteiger partial charge in [-0.2, -0.15) is 18.3 Å². The molecule has 0 fully saturated rings. The van der Waals surface area contributed by atoms with E-state index in [1.54, 1.807) is 6.92 Å². The first-order valence-electron chi connectivity index (χ1n) is 6.54. The van der Waals surface area contributed by atoms with Crippen LogP contribution >= 0.6 is 0 Å². The number of para-hydroxylation sites is 1. The summed E-state index contributed by atoms with van der Waals surface area (Å²) < 4.78 is 54.0. The number of carbonyl (C=O) groups excluding carboxylic acids is 1. The van der Waals surface area contributed by atoms with Crippen LogP contribution in [0.4, 0.5) is 17.6 Å². The monoisotopic (exact) mass is 315 g/mol. The maximum Gasteiger partial charge on any atom is 0.434 e. The first-order valence-corrected chi connectivity index (χ1v) is 6.54. The molecule has 0 saturated heterocycles. The Morgan fingerprint density at radius 2 is 2.00 bits per heavy atom. The molecular weight excluding hydrogens is 302 g/mol. The van der Waals surface area contributed by atoms with Crippen molar-refractivity contribution in [3.8, 4) is 5.69 Å². The van der Waals surface area contributed by atoms with E-state index >= 15 is 0 Å². The molecule has 2 rings (SSSR count). The average molecular weight is 315 g/mol. The van der Waals surface area contributed by atoms with Crippen LogP contribution in [0.5, 0.6) is 0 Å². The molecule has 1 N–H and O–H groups in total. The van der Waals surface area contributed by atoms with Gasteiger partial charge in [-0.3, -0.25) is 4.79 Å². The van der Waals surface area contributed by atoms with Crippen LogP contribution in [0.25, 0.3) is 5.69 Å². The van der Waals surface area contributed by atoms with Crippen LogP contribution in [0.1, 0.15) is 29.4 Å². The minimum absolute atomic E-state index is 0.237. The Balaban J connectivity index is 2.55. The Hall–Kier alpha value is -2.38. The van der Waals surface area contributed by atoms with Crippen LogP contribution in [0, 0.1) is 5.82 Å². The third-order valence-electron chi connectivity index (χ3n) is 2.90. The van der Waals surface area contributed by atoms with E-state index in [9.17, 15) is 22.4 Å². The molecule has 2 aromatic rings. The molecule has 1 aromatic heterocycles. The van der Waals surface area contributed by atoms with Gasteiger partial charge >= 0.3 is 6.18 Å². The van der Waals surface area contributed by atoms with E-state index in [-0.39, 0.29) is 12.2 Å². The standard InChI is InChI=1S/C14H13F4N3O/c1-2-7-19-13(22)9-8-20-21(12(9)14(16,17)18)11-6-4-3-5-10(11)15/h3-6,8H,2,7H2,1H3,(H,19,22). The minimum atomic E-state index is -4.85. The van der Waals surface area contributed by atoms with Crippen molar-refractivity contribution in [1.29, 1.82) is 0 Å². The van der Waals surface area contributed by atoms with Gasteiger partial charge in [0.25, 0.3) is 5.91 Å². The molecule has 0 aliphatic heterocycles. The van der Waals surface area contributed by atoms with Crippen molar-refractivity contribution >= 4 is 5.91 Å². The third-order valence-corrected chi connectivity index (χ3v) is 2.90. The molecule has 0 aliphatic carbocycles. The summed E-state index contributed by atoms with van der Waals surface area (Å²) in [6.07, 6.45) is -3.48. The molecule has 4 nitrogen and oxygen atoms in total. The Labute approximate surface area is 123 Å². The number of hydrogen-bond donors (Lipinski definition) is 1. The van der Waals surface area contributed by atoms with Crippen molar-refractivity contribution in [1.82, 2.24) is 15.1 Å². The number of benzene rings is 1. The molecule has 22 heavy (non-hydrogen) atoms. The zero-order valence-electron chi connectivity index (χ0n) is 11.6. The van der Waals surface area contributed by atoms with Crippen molar-refractivity contribution in [2.24, 2.45) is 0 Å². The minimum Gasteiger partial charge on any atom is -0.352 e. The largest absolute Gasteiger partial charge is 0.434 e. The van der Waals surface area contributed by atoms with Gasteiger partial charge in [0.15, 0.2) is 5.69 Å². The van der Waals surface area contributed by atoms with Crippen LogP contribution < -0.4 is 5.32 Å². The van der Waals surface area contributed by atoms with E-state index < -0.39 is 29.2 Å². The summed E-state index contributed by atoms with van der Waals surface area (Å²) in [5.74, 6) is -1.76. The first-order chi connectivity index (χ1) is 10.4. The lowest BCUT2D eigenvalue weighted by molar-refractivity contribution is -0.143. The topological polar surface area (TPSA) is 46.9 Å². The molecule has 1 heterocycles. The number of alkyl halides is 3. The maximum absolute atomic E-state index is 13.7. The van der Waals surface area contributed by atoms with Crippen LogP contribution in [0.3, 0.4) is 0 Å². The van der Waals surface area contributed by atoms with Gasteiger partial charge in [0, 0.05) is 6.54 Å². The van der Waals surface area contributed by atoms with Crippen molar-refractivity contribution in [2.45, 2.75) is 19.5 Å². The number of aromatic nitrogens is 2. The number of nitrogens with zero attached hydrogens (tertiary/aromatic N) is 2. The molecule has 0 spiro atoms. The van der Waals surface area contributed by atoms with Crippen LogP contribution in [0.15, 0.2) is 30.5 Å². The Kier molecular flexibility index (Phi) is 4.48.